The van der Waals surface area contributed by atoms with E-state index in [2.05, 4.69) is 10.5 Å². The van der Waals surface area contributed by atoms with Crippen molar-refractivity contribution < 1.29 is 9.85 Å². The van der Waals surface area contributed by atoms with E-state index in [1.807, 2.05) is 0 Å². The van der Waals surface area contributed by atoms with Gasteiger partial charge in [-0.1, -0.05) is 0 Å². The van der Waals surface area contributed by atoms with Gasteiger partial charge in [-0.2, -0.15) is 5.10 Å². The fourth-order valence-electron chi connectivity index (χ4n) is 1.47. The number of hydrogen-bond acceptors (Lipinski definition) is 7. The molecule has 9 heteroatoms. The molecule has 2 rings (SSSR count). The van der Waals surface area contributed by atoms with Crippen molar-refractivity contribution in [1.29, 1.82) is 0 Å². The van der Waals surface area contributed by atoms with E-state index < -0.39 is 9.85 Å². The maximum atomic E-state index is 10.6. The Bertz CT molecular complexity index is 708. The number of anilines is 1. The van der Waals surface area contributed by atoms with Crippen LogP contribution in [0.1, 0.15) is 11.8 Å². The van der Waals surface area contributed by atoms with Crippen LogP contribution in [-0.4, -0.2) is 15.6 Å². The largest absolute Gasteiger partial charge is 0.280 e. The van der Waals surface area contributed by atoms with Crippen LogP contribution in [0.3, 0.4) is 0 Å². The van der Waals surface area contributed by atoms with Gasteiger partial charge in [-0.3, -0.25) is 25.7 Å². The van der Waals surface area contributed by atoms with Gasteiger partial charge in [0.15, 0.2) is 0 Å². The zero-order valence-corrected chi connectivity index (χ0v) is 11.7. The number of nitrogens with one attached hydrogen (secondary N) is 1. The maximum Gasteiger partial charge on any atom is 0.280 e. The summed E-state index contributed by atoms with van der Waals surface area (Å²) in [5.41, 5.74) is 3.95. The molecular formula is C12H10N4O4S. The number of hydrazone groups is 1. The van der Waals surface area contributed by atoms with Crippen LogP contribution in [0.15, 0.2) is 40.8 Å². The van der Waals surface area contributed by atoms with Crippen molar-refractivity contribution in [2.45, 2.75) is 6.92 Å². The molecule has 0 fully saturated rings. The molecule has 0 aliphatic rings. The van der Waals surface area contributed by atoms with Crippen LogP contribution >= 0.6 is 11.3 Å². The molecule has 1 aromatic heterocycles. The van der Waals surface area contributed by atoms with Gasteiger partial charge in [-0.25, -0.2) is 0 Å². The summed E-state index contributed by atoms with van der Waals surface area (Å²) >= 11 is 1.23. The minimum absolute atomic E-state index is 0.00451. The van der Waals surface area contributed by atoms with Gasteiger partial charge in [0, 0.05) is 18.2 Å². The van der Waals surface area contributed by atoms with Gasteiger partial charge in [0.2, 0.25) is 0 Å². The van der Waals surface area contributed by atoms with Crippen LogP contribution in [0.2, 0.25) is 0 Å². The summed E-state index contributed by atoms with van der Waals surface area (Å²) in [6, 6.07) is 7.24. The monoisotopic (exact) mass is 306 g/mol. The minimum atomic E-state index is -0.483. The highest BCUT2D eigenvalue weighted by Crippen LogP contribution is 2.22. The topological polar surface area (TPSA) is 111 Å². The molecule has 0 atom stereocenters. The number of nitro benzene ring substituents is 1. The van der Waals surface area contributed by atoms with Crippen LogP contribution in [0, 0.1) is 20.2 Å². The molecule has 2 aromatic rings. The molecule has 21 heavy (non-hydrogen) atoms. The lowest BCUT2D eigenvalue weighted by atomic mass is 10.3. The molecule has 108 valence electrons. The molecule has 0 saturated heterocycles. The third kappa shape index (κ3) is 3.60. The number of nitro groups is 2. The zero-order chi connectivity index (χ0) is 15.4. The summed E-state index contributed by atoms with van der Waals surface area (Å²) in [7, 11) is 0. The van der Waals surface area contributed by atoms with Gasteiger partial charge in [0.05, 0.1) is 31.5 Å². The molecule has 0 aliphatic carbocycles. The number of hydrogen-bond donors (Lipinski definition) is 1. The van der Waals surface area contributed by atoms with E-state index in [-0.39, 0.29) is 11.4 Å². The van der Waals surface area contributed by atoms with Crippen molar-refractivity contribution >= 4 is 34.1 Å². The predicted octanol–water partition coefficient (Wildman–Crippen LogP) is 3.40. The second-order valence-corrected chi connectivity index (χ2v) is 4.95. The highest BCUT2D eigenvalue weighted by atomic mass is 32.1. The number of benzene rings is 1. The first-order valence-corrected chi connectivity index (χ1v) is 6.63. The molecule has 1 heterocycles. The Labute approximate surface area is 123 Å². The first-order chi connectivity index (χ1) is 9.97. The van der Waals surface area contributed by atoms with Crippen LogP contribution in [-0.2, 0) is 0 Å². The van der Waals surface area contributed by atoms with Crippen molar-refractivity contribution in [2.75, 3.05) is 5.43 Å². The Balaban J connectivity index is 2.08. The lowest BCUT2D eigenvalue weighted by molar-refractivity contribution is -0.384. The molecule has 0 bridgehead atoms. The Hall–Kier alpha value is -2.81. The number of non-ortho nitro benzene ring substituents is 1. The van der Waals surface area contributed by atoms with Gasteiger partial charge in [-0.15, -0.1) is 11.3 Å². The SMILES string of the molecule is C/C(=N\Nc1ccc([N+](=O)[O-])cc1)c1cc([N+](=O)[O-])cs1. The molecule has 0 saturated carbocycles. The van der Waals surface area contributed by atoms with E-state index in [1.54, 1.807) is 6.92 Å². The summed E-state index contributed by atoms with van der Waals surface area (Å²) in [6.45, 7) is 1.72. The first kappa shape index (κ1) is 14.6. The van der Waals surface area contributed by atoms with Gasteiger partial charge in [-0.05, 0) is 19.1 Å². The Morgan fingerprint density at radius 1 is 1.14 bits per heavy atom. The van der Waals surface area contributed by atoms with Crippen LogP contribution < -0.4 is 5.43 Å². The first-order valence-electron chi connectivity index (χ1n) is 5.75. The Morgan fingerprint density at radius 2 is 1.76 bits per heavy atom. The highest BCUT2D eigenvalue weighted by molar-refractivity contribution is 7.12. The molecule has 0 spiro atoms. The van der Waals surface area contributed by atoms with Crippen LogP contribution in [0.25, 0.3) is 0 Å². The smallest absolute Gasteiger partial charge is 0.278 e. The zero-order valence-electron chi connectivity index (χ0n) is 10.8. The molecule has 0 radical (unpaired) electrons. The maximum absolute atomic E-state index is 10.6. The van der Waals surface area contributed by atoms with E-state index in [4.69, 9.17) is 0 Å². The summed E-state index contributed by atoms with van der Waals surface area (Å²) in [5.74, 6) is 0. The highest BCUT2D eigenvalue weighted by Gasteiger charge is 2.11. The summed E-state index contributed by atoms with van der Waals surface area (Å²) < 4.78 is 0. The van der Waals surface area contributed by atoms with Crippen molar-refractivity contribution in [3.8, 4) is 0 Å². The quantitative estimate of drug-likeness (QED) is 0.517. The van der Waals surface area contributed by atoms with Gasteiger partial charge in [0.25, 0.3) is 11.4 Å². The van der Waals surface area contributed by atoms with Crippen molar-refractivity contribution in [3.05, 3.63) is 60.8 Å². The molecule has 0 aliphatic heterocycles. The lowest BCUT2D eigenvalue weighted by Gasteiger charge is -2.01. The van der Waals surface area contributed by atoms with E-state index >= 15 is 0 Å². The van der Waals surface area contributed by atoms with Crippen molar-refractivity contribution in [2.24, 2.45) is 5.10 Å². The Kier molecular flexibility index (Phi) is 4.24. The third-order valence-corrected chi connectivity index (χ3v) is 3.61. The normalized spacial score (nSPS) is 11.2. The average molecular weight is 306 g/mol. The molecule has 0 unspecified atom stereocenters. The number of nitrogens with zero attached hydrogens (tertiary/aromatic N) is 3. The standard InChI is InChI=1S/C12H10N4O4S/c1-8(12-6-11(7-21-12)16(19)20)13-14-9-2-4-10(5-3-9)15(17)18/h2-7,14H,1H3/b13-8+. The lowest BCUT2D eigenvalue weighted by Crippen LogP contribution is -1.97. The second kappa shape index (κ2) is 6.09. The van der Waals surface area contributed by atoms with Gasteiger partial charge >= 0.3 is 0 Å². The third-order valence-electron chi connectivity index (χ3n) is 2.58. The van der Waals surface area contributed by atoms with Gasteiger partial charge < -0.3 is 0 Å². The Morgan fingerprint density at radius 3 is 2.29 bits per heavy atom. The summed E-state index contributed by atoms with van der Waals surface area (Å²) in [6.07, 6.45) is 0. The number of thiophene rings is 1. The molecule has 8 nitrogen and oxygen atoms in total. The van der Waals surface area contributed by atoms with Crippen molar-refractivity contribution in [3.63, 3.8) is 0 Å². The van der Waals surface area contributed by atoms with E-state index in [0.29, 0.717) is 16.3 Å². The second-order valence-electron chi connectivity index (χ2n) is 4.04. The van der Waals surface area contributed by atoms with E-state index in [0.717, 1.165) is 0 Å². The van der Waals surface area contributed by atoms with Crippen LogP contribution in [0.4, 0.5) is 17.1 Å². The summed E-state index contributed by atoms with van der Waals surface area (Å²) in [5, 5.41) is 26.7. The van der Waals surface area contributed by atoms with E-state index in [9.17, 15) is 20.2 Å². The van der Waals surface area contributed by atoms with Gasteiger partial charge in [0.1, 0.15) is 0 Å². The van der Waals surface area contributed by atoms with E-state index in [1.165, 1.54) is 47.0 Å². The summed E-state index contributed by atoms with van der Waals surface area (Å²) in [4.78, 5) is 20.9. The molecule has 1 N–H and O–H groups in total. The predicted molar refractivity (Wildman–Crippen MR) is 79.9 cm³/mol. The van der Waals surface area contributed by atoms with Crippen molar-refractivity contribution in [1.82, 2.24) is 0 Å². The fourth-order valence-corrected chi connectivity index (χ4v) is 2.28. The number of rotatable bonds is 5. The average Bonchev–Trinajstić information content (AvgIpc) is 2.95. The fraction of sp³-hybridized carbons (Fsp3) is 0.0833. The van der Waals surface area contributed by atoms with Crippen LogP contribution in [0.5, 0.6) is 0 Å². The molecular weight excluding hydrogens is 296 g/mol. The minimum Gasteiger partial charge on any atom is -0.278 e. The molecule has 0 amide bonds. The molecule has 1 aromatic carbocycles.